The van der Waals surface area contributed by atoms with Crippen LogP contribution in [0.25, 0.3) is 0 Å². The third-order valence-electron chi connectivity index (χ3n) is 4.92. The third kappa shape index (κ3) is 3.83. The van der Waals surface area contributed by atoms with Crippen molar-refractivity contribution in [2.24, 2.45) is 0 Å². The van der Waals surface area contributed by atoms with Gasteiger partial charge >= 0.3 is 6.03 Å². The zero-order chi connectivity index (χ0) is 17.7. The molecule has 1 aromatic heterocycles. The Morgan fingerprint density at radius 1 is 1.36 bits per heavy atom. The highest BCUT2D eigenvalue weighted by molar-refractivity contribution is 7.09. The summed E-state index contributed by atoms with van der Waals surface area (Å²) in [5.74, 6) is 0. The summed E-state index contributed by atoms with van der Waals surface area (Å²) in [6.07, 6.45) is 2.16. The predicted octanol–water partition coefficient (Wildman–Crippen LogP) is 3.26. The van der Waals surface area contributed by atoms with Crippen LogP contribution in [0, 0.1) is 18.3 Å². The van der Waals surface area contributed by atoms with E-state index in [0.29, 0.717) is 32.5 Å². The summed E-state index contributed by atoms with van der Waals surface area (Å²) in [6, 6.07) is 12.4. The second-order valence-electron chi connectivity index (χ2n) is 6.39. The zero-order valence-corrected chi connectivity index (χ0v) is 15.2. The minimum Gasteiger partial charge on any atom is -0.338 e. The summed E-state index contributed by atoms with van der Waals surface area (Å²) < 4.78 is 0. The van der Waals surface area contributed by atoms with Crippen LogP contribution in [-0.4, -0.2) is 35.5 Å². The highest BCUT2D eigenvalue weighted by Gasteiger charge is 2.37. The highest BCUT2D eigenvalue weighted by Crippen LogP contribution is 2.34. The number of thiazole rings is 1. The molecule has 0 bridgehead atoms. The maximum absolute atomic E-state index is 12.4. The summed E-state index contributed by atoms with van der Waals surface area (Å²) in [5, 5.41) is 12.7. The van der Waals surface area contributed by atoms with Crippen LogP contribution >= 0.6 is 11.3 Å². The number of nitrogens with one attached hydrogen (secondary N) is 1. The Bertz CT molecular complexity index is 757. The van der Waals surface area contributed by atoms with Gasteiger partial charge in [-0.15, -0.1) is 11.3 Å². The monoisotopic (exact) mass is 354 g/mol. The molecule has 5 nitrogen and oxygen atoms in total. The van der Waals surface area contributed by atoms with Crippen LogP contribution in [-0.2, 0) is 11.8 Å². The van der Waals surface area contributed by atoms with Gasteiger partial charge in [0.15, 0.2) is 0 Å². The summed E-state index contributed by atoms with van der Waals surface area (Å²) in [6.45, 7) is 3.81. The van der Waals surface area contributed by atoms with Gasteiger partial charge < -0.3 is 10.2 Å². The molecule has 0 radical (unpaired) electrons. The van der Waals surface area contributed by atoms with E-state index in [1.54, 1.807) is 11.3 Å². The molecule has 2 heterocycles. The van der Waals surface area contributed by atoms with Gasteiger partial charge in [0.05, 0.1) is 22.7 Å². The molecule has 1 aliphatic rings. The molecule has 6 heteroatoms. The van der Waals surface area contributed by atoms with E-state index in [1.807, 2.05) is 47.7 Å². The molecule has 130 valence electrons. The fourth-order valence-electron chi connectivity index (χ4n) is 3.27. The van der Waals surface area contributed by atoms with Gasteiger partial charge in [0, 0.05) is 30.9 Å². The molecule has 3 rings (SSSR count). The average Bonchev–Trinajstić information content (AvgIpc) is 3.07. The SMILES string of the molecule is Cc1ncsc1CCNC(=O)N1CCC(C#N)(c2ccccc2)CC1. The average molecular weight is 354 g/mol. The molecule has 1 aromatic carbocycles. The number of rotatable bonds is 4. The van der Waals surface area contributed by atoms with Crippen LogP contribution in [0.2, 0.25) is 0 Å². The lowest BCUT2D eigenvalue weighted by Gasteiger charge is -2.37. The van der Waals surface area contributed by atoms with Crippen molar-refractivity contribution < 1.29 is 4.79 Å². The number of urea groups is 1. The zero-order valence-electron chi connectivity index (χ0n) is 14.4. The lowest BCUT2D eigenvalue weighted by Crippen LogP contribution is -2.48. The van der Waals surface area contributed by atoms with E-state index >= 15 is 0 Å². The Morgan fingerprint density at radius 2 is 2.08 bits per heavy atom. The molecule has 2 aromatic rings. The number of carbonyl (C=O) groups is 1. The fraction of sp³-hybridized carbons (Fsp3) is 0.421. The van der Waals surface area contributed by atoms with E-state index in [4.69, 9.17) is 0 Å². The molecule has 0 atom stereocenters. The minimum atomic E-state index is -0.474. The fourth-order valence-corrected chi connectivity index (χ4v) is 4.06. The van der Waals surface area contributed by atoms with Crippen molar-refractivity contribution in [3.05, 3.63) is 52.0 Å². The van der Waals surface area contributed by atoms with E-state index in [0.717, 1.165) is 17.7 Å². The third-order valence-corrected chi connectivity index (χ3v) is 5.91. The van der Waals surface area contributed by atoms with Crippen molar-refractivity contribution in [3.8, 4) is 6.07 Å². The van der Waals surface area contributed by atoms with Crippen LogP contribution in [0.3, 0.4) is 0 Å². The minimum absolute atomic E-state index is 0.0400. The number of aryl methyl sites for hydroxylation is 1. The quantitative estimate of drug-likeness (QED) is 0.916. The van der Waals surface area contributed by atoms with E-state index in [9.17, 15) is 10.1 Å². The largest absolute Gasteiger partial charge is 0.338 e. The van der Waals surface area contributed by atoms with E-state index in [2.05, 4.69) is 16.4 Å². The molecular formula is C19H22N4OS. The molecule has 2 amide bonds. The predicted molar refractivity (Wildman–Crippen MR) is 98.5 cm³/mol. The van der Waals surface area contributed by atoms with Crippen LogP contribution in [0.15, 0.2) is 35.8 Å². The maximum atomic E-state index is 12.4. The van der Waals surface area contributed by atoms with Crippen molar-refractivity contribution in [1.29, 1.82) is 5.26 Å². The standard InChI is InChI=1S/C19H22N4OS/c1-15-17(25-14-22-15)7-10-21-18(24)23-11-8-19(13-20,9-12-23)16-5-3-2-4-6-16/h2-6,14H,7-12H2,1H3,(H,21,24). The Morgan fingerprint density at radius 3 is 2.68 bits per heavy atom. The molecule has 0 saturated carbocycles. The van der Waals surface area contributed by atoms with Crippen LogP contribution in [0.4, 0.5) is 4.79 Å². The van der Waals surface area contributed by atoms with Crippen LogP contribution < -0.4 is 5.32 Å². The highest BCUT2D eigenvalue weighted by atomic mass is 32.1. The van der Waals surface area contributed by atoms with E-state index < -0.39 is 5.41 Å². The van der Waals surface area contributed by atoms with Gasteiger partial charge in [-0.25, -0.2) is 9.78 Å². The molecular weight excluding hydrogens is 332 g/mol. The van der Waals surface area contributed by atoms with E-state index in [-0.39, 0.29) is 6.03 Å². The Hall–Kier alpha value is -2.39. The summed E-state index contributed by atoms with van der Waals surface area (Å²) >= 11 is 1.63. The van der Waals surface area contributed by atoms with Gasteiger partial charge in [-0.1, -0.05) is 30.3 Å². The number of aromatic nitrogens is 1. The Kier molecular flexibility index (Phi) is 5.34. The molecule has 1 N–H and O–H groups in total. The molecule has 25 heavy (non-hydrogen) atoms. The summed E-state index contributed by atoms with van der Waals surface area (Å²) in [7, 11) is 0. The Labute approximate surface area is 152 Å². The van der Waals surface area contributed by atoms with Gasteiger partial charge in [-0.3, -0.25) is 0 Å². The topological polar surface area (TPSA) is 69.0 Å². The smallest absolute Gasteiger partial charge is 0.317 e. The first-order chi connectivity index (χ1) is 12.1. The number of hydrogen-bond acceptors (Lipinski definition) is 4. The molecule has 0 aliphatic carbocycles. The molecule has 1 fully saturated rings. The first-order valence-corrected chi connectivity index (χ1v) is 9.41. The van der Waals surface area contributed by atoms with Crippen LogP contribution in [0.1, 0.15) is 29.0 Å². The van der Waals surface area contributed by atoms with Gasteiger partial charge in [0.25, 0.3) is 0 Å². The number of nitrogens with zero attached hydrogens (tertiary/aromatic N) is 3. The second kappa shape index (κ2) is 7.66. The number of hydrogen-bond donors (Lipinski definition) is 1. The number of nitriles is 1. The van der Waals surface area contributed by atoms with Crippen LogP contribution in [0.5, 0.6) is 0 Å². The lowest BCUT2D eigenvalue weighted by atomic mass is 9.74. The molecule has 0 spiro atoms. The van der Waals surface area contributed by atoms with Gasteiger partial charge in [-0.2, -0.15) is 5.26 Å². The van der Waals surface area contributed by atoms with Crippen molar-refractivity contribution in [2.45, 2.75) is 31.6 Å². The summed E-state index contributed by atoms with van der Waals surface area (Å²) in [5.41, 5.74) is 3.46. The summed E-state index contributed by atoms with van der Waals surface area (Å²) in [4.78, 5) is 19.6. The van der Waals surface area contributed by atoms with Gasteiger partial charge in [-0.05, 0) is 25.3 Å². The van der Waals surface area contributed by atoms with Gasteiger partial charge in [0.2, 0.25) is 0 Å². The van der Waals surface area contributed by atoms with Gasteiger partial charge in [0.1, 0.15) is 0 Å². The molecule has 1 saturated heterocycles. The maximum Gasteiger partial charge on any atom is 0.317 e. The van der Waals surface area contributed by atoms with E-state index in [1.165, 1.54) is 4.88 Å². The number of likely N-dealkylation sites (tertiary alicyclic amines) is 1. The number of piperidine rings is 1. The normalized spacial score (nSPS) is 16.2. The molecule has 1 aliphatic heterocycles. The van der Waals surface area contributed by atoms with Crippen molar-refractivity contribution >= 4 is 17.4 Å². The first-order valence-electron chi connectivity index (χ1n) is 8.53. The second-order valence-corrected chi connectivity index (χ2v) is 7.33. The Balaban J connectivity index is 1.52. The van der Waals surface area contributed by atoms with Crippen molar-refractivity contribution in [3.63, 3.8) is 0 Å². The lowest BCUT2D eigenvalue weighted by molar-refractivity contribution is 0.171. The molecule has 0 unspecified atom stereocenters. The number of carbonyl (C=O) groups excluding carboxylic acids is 1. The first kappa shape index (κ1) is 17.4. The number of amides is 2. The number of benzene rings is 1. The van der Waals surface area contributed by atoms with Crippen molar-refractivity contribution in [1.82, 2.24) is 15.2 Å². The van der Waals surface area contributed by atoms with Crippen molar-refractivity contribution in [2.75, 3.05) is 19.6 Å².